The fourth-order valence-electron chi connectivity index (χ4n) is 4.17. The largest absolute Gasteiger partial charge is 0.419 e. The third kappa shape index (κ3) is 3.70. The first-order valence-corrected chi connectivity index (χ1v) is 11.8. The van der Waals surface area contributed by atoms with Crippen molar-refractivity contribution in [3.8, 4) is 11.6 Å². The summed E-state index contributed by atoms with van der Waals surface area (Å²) < 4.78 is 35.2. The lowest BCUT2D eigenvalue weighted by molar-refractivity contribution is 0.338. The van der Waals surface area contributed by atoms with Gasteiger partial charge in [-0.15, -0.1) is 10.2 Å². The van der Waals surface area contributed by atoms with Gasteiger partial charge >= 0.3 is 0 Å². The van der Waals surface area contributed by atoms with Crippen LogP contribution in [0.25, 0.3) is 11.6 Å². The maximum atomic E-state index is 13.3. The Kier molecular flexibility index (Phi) is 5.32. The summed E-state index contributed by atoms with van der Waals surface area (Å²) in [5.74, 6) is 1.29. The summed E-state index contributed by atoms with van der Waals surface area (Å²) in [4.78, 5) is 3.37. The second-order valence-electron chi connectivity index (χ2n) is 8.36. The van der Waals surface area contributed by atoms with Crippen molar-refractivity contribution >= 4 is 10.0 Å². The Balaban J connectivity index is 1.63. The van der Waals surface area contributed by atoms with Gasteiger partial charge in [-0.1, -0.05) is 30.2 Å². The Labute approximate surface area is 177 Å². The standard InChI is InChI=1S/C22H28N4O3S/c1-12-9-10-18(13(2)11-12)15(4)26-30(27,28)20-14(3)19(23-16(20)5)22-25-24-21(29-22)17-7-6-8-17/h9-11,15,17,23,26H,6-8H2,1-5H3. The van der Waals surface area contributed by atoms with E-state index in [1.807, 2.05) is 32.9 Å². The van der Waals surface area contributed by atoms with Crippen LogP contribution in [0.15, 0.2) is 27.5 Å². The topological polar surface area (TPSA) is 101 Å². The van der Waals surface area contributed by atoms with Gasteiger partial charge in [0.15, 0.2) is 0 Å². The second kappa shape index (κ2) is 7.67. The van der Waals surface area contributed by atoms with Gasteiger partial charge in [-0.2, -0.15) is 0 Å². The maximum Gasteiger partial charge on any atom is 0.264 e. The number of benzene rings is 1. The van der Waals surface area contributed by atoms with Crippen LogP contribution in [0.2, 0.25) is 0 Å². The Morgan fingerprint density at radius 1 is 1.17 bits per heavy atom. The second-order valence-corrected chi connectivity index (χ2v) is 10.0. The molecule has 2 aromatic heterocycles. The number of aryl methyl sites for hydroxylation is 3. The summed E-state index contributed by atoms with van der Waals surface area (Å²) in [5, 5.41) is 8.31. The summed E-state index contributed by atoms with van der Waals surface area (Å²) in [5.41, 5.74) is 4.85. The highest BCUT2D eigenvalue weighted by atomic mass is 32.2. The van der Waals surface area contributed by atoms with Crippen molar-refractivity contribution in [2.75, 3.05) is 0 Å². The quantitative estimate of drug-likeness (QED) is 0.597. The number of sulfonamides is 1. The smallest absolute Gasteiger partial charge is 0.264 e. The summed E-state index contributed by atoms with van der Waals surface area (Å²) in [6.07, 6.45) is 3.30. The van der Waals surface area contributed by atoms with Gasteiger partial charge in [0.05, 0.1) is 0 Å². The molecule has 2 heterocycles. The molecule has 4 rings (SSSR count). The average molecular weight is 429 g/mol. The molecule has 160 valence electrons. The number of nitrogens with one attached hydrogen (secondary N) is 2. The first-order valence-electron chi connectivity index (χ1n) is 10.3. The van der Waals surface area contributed by atoms with Gasteiger partial charge in [0.2, 0.25) is 15.9 Å². The van der Waals surface area contributed by atoms with Gasteiger partial charge in [0, 0.05) is 17.7 Å². The summed E-state index contributed by atoms with van der Waals surface area (Å²) in [7, 11) is -3.76. The van der Waals surface area contributed by atoms with E-state index >= 15 is 0 Å². The van der Waals surface area contributed by atoms with E-state index in [1.54, 1.807) is 13.8 Å². The van der Waals surface area contributed by atoms with Crippen LogP contribution < -0.4 is 4.72 Å². The van der Waals surface area contributed by atoms with Crippen molar-refractivity contribution in [1.82, 2.24) is 19.9 Å². The molecule has 0 amide bonds. The Morgan fingerprint density at radius 3 is 2.53 bits per heavy atom. The van der Waals surface area contributed by atoms with Gasteiger partial charge in [-0.25, -0.2) is 13.1 Å². The highest BCUT2D eigenvalue weighted by molar-refractivity contribution is 7.89. The van der Waals surface area contributed by atoms with Crippen LogP contribution in [0.1, 0.15) is 72.0 Å². The van der Waals surface area contributed by atoms with Crippen LogP contribution in [0, 0.1) is 27.7 Å². The summed E-state index contributed by atoms with van der Waals surface area (Å²) in [6, 6.07) is 5.66. The molecule has 8 heteroatoms. The number of hydrogen-bond donors (Lipinski definition) is 2. The minimum absolute atomic E-state index is 0.234. The number of rotatable bonds is 6. The first kappa shape index (κ1) is 20.8. The lowest BCUT2D eigenvalue weighted by Crippen LogP contribution is -2.28. The lowest BCUT2D eigenvalue weighted by Gasteiger charge is -2.20. The predicted octanol–water partition coefficient (Wildman–Crippen LogP) is 4.61. The first-order chi connectivity index (χ1) is 14.2. The Hall–Kier alpha value is -2.45. The molecule has 7 nitrogen and oxygen atoms in total. The molecule has 0 radical (unpaired) electrons. The molecule has 1 atom stereocenters. The van der Waals surface area contributed by atoms with E-state index in [0.717, 1.165) is 29.5 Å². The van der Waals surface area contributed by atoms with Gasteiger partial charge in [-0.05, 0) is 64.2 Å². The molecule has 2 N–H and O–H groups in total. The SMILES string of the molecule is Cc1ccc(C(C)NS(=O)(=O)c2c(C)[nH]c(-c3nnc(C4CCC4)o3)c2C)c(C)c1. The van der Waals surface area contributed by atoms with E-state index in [2.05, 4.69) is 26.0 Å². The van der Waals surface area contributed by atoms with Crippen molar-refractivity contribution in [2.45, 2.75) is 70.7 Å². The van der Waals surface area contributed by atoms with E-state index < -0.39 is 10.0 Å². The fourth-order valence-corrected chi connectivity index (χ4v) is 5.84. The van der Waals surface area contributed by atoms with Crippen molar-refractivity contribution in [3.63, 3.8) is 0 Å². The minimum Gasteiger partial charge on any atom is -0.419 e. The van der Waals surface area contributed by atoms with Gasteiger partial charge in [0.25, 0.3) is 5.89 Å². The number of nitrogens with zero attached hydrogens (tertiary/aromatic N) is 2. The zero-order valence-electron chi connectivity index (χ0n) is 18.0. The number of aromatic nitrogens is 3. The summed E-state index contributed by atoms with van der Waals surface area (Å²) >= 11 is 0. The van der Waals surface area contributed by atoms with E-state index in [9.17, 15) is 8.42 Å². The van der Waals surface area contributed by atoms with Gasteiger partial charge in [-0.3, -0.25) is 0 Å². The molecule has 0 spiro atoms. The molecule has 1 aliphatic carbocycles. The number of aromatic amines is 1. The molecule has 1 fully saturated rings. The monoisotopic (exact) mass is 428 g/mol. The fraction of sp³-hybridized carbons (Fsp3) is 0.455. The molecule has 0 bridgehead atoms. The molecule has 1 saturated carbocycles. The normalized spacial score (nSPS) is 15.9. The highest BCUT2D eigenvalue weighted by Crippen LogP contribution is 2.37. The number of H-pyrrole nitrogens is 1. The molecule has 0 aliphatic heterocycles. The zero-order valence-corrected chi connectivity index (χ0v) is 18.9. The highest BCUT2D eigenvalue weighted by Gasteiger charge is 2.30. The van der Waals surface area contributed by atoms with Crippen LogP contribution in [0.3, 0.4) is 0 Å². The van der Waals surface area contributed by atoms with Crippen LogP contribution in [0.4, 0.5) is 0 Å². The van der Waals surface area contributed by atoms with Crippen molar-refractivity contribution in [3.05, 3.63) is 52.0 Å². The predicted molar refractivity (Wildman–Crippen MR) is 115 cm³/mol. The Bertz CT molecular complexity index is 1190. The van der Waals surface area contributed by atoms with E-state index in [0.29, 0.717) is 34.7 Å². The summed E-state index contributed by atoms with van der Waals surface area (Å²) in [6.45, 7) is 9.38. The maximum absolute atomic E-state index is 13.3. The molecular formula is C22H28N4O3S. The van der Waals surface area contributed by atoms with Crippen molar-refractivity contribution < 1.29 is 12.8 Å². The number of hydrogen-bond acceptors (Lipinski definition) is 5. The molecule has 3 aromatic rings. The average Bonchev–Trinajstić information content (AvgIpc) is 3.17. The molecule has 30 heavy (non-hydrogen) atoms. The van der Waals surface area contributed by atoms with E-state index in [1.165, 1.54) is 6.42 Å². The third-order valence-corrected chi connectivity index (χ3v) is 7.78. The van der Waals surface area contributed by atoms with E-state index in [4.69, 9.17) is 4.42 Å². The Morgan fingerprint density at radius 2 is 1.90 bits per heavy atom. The van der Waals surface area contributed by atoms with Crippen molar-refractivity contribution in [2.24, 2.45) is 0 Å². The molecule has 1 aliphatic rings. The van der Waals surface area contributed by atoms with E-state index in [-0.39, 0.29) is 10.9 Å². The zero-order chi connectivity index (χ0) is 21.6. The molecular weight excluding hydrogens is 400 g/mol. The molecule has 1 unspecified atom stereocenters. The molecule has 0 saturated heterocycles. The lowest BCUT2D eigenvalue weighted by atomic mass is 9.85. The molecule has 1 aromatic carbocycles. The van der Waals surface area contributed by atoms with Crippen LogP contribution in [-0.4, -0.2) is 23.6 Å². The van der Waals surface area contributed by atoms with Crippen molar-refractivity contribution in [1.29, 1.82) is 0 Å². The van der Waals surface area contributed by atoms with Crippen LogP contribution in [-0.2, 0) is 10.0 Å². The minimum atomic E-state index is -3.76. The third-order valence-electron chi connectivity index (χ3n) is 5.97. The van der Waals surface area contributed by atoms with Gasteiger partial charge < -0.3 is 9.40 Å². The van der Waals surface area contributed by atoms with Crippen LogP contribution in [0.5, 0.6) is 0 Å². The van der Waals surface area contributed by atoms with Gasteiger partial charge in [0.1, 0.15) is 10.6 Å². The van der Waals surface area contributed by atoms with Crippen LogP contribution >= 0.6 is 0 Å².